The van der Waals surface area contributed by atoms with Gasteiger partial charge in [0.05, 0.1) is 0 Å². The molecule has 3 atom stereocenters. The molecule has 0 aromatic heterocycles. The van der Waals surface area contributed by atoms with Crippen LogP contribution in [0.3, 0.4) is 0 Å². The maximum Gasteiger partial charge on any atom is 0.127 e. The zero-order chi connectivity index (χ0) is 22.5. The highest BCUT2D eigenvalue weighted by Crippen LogP contribution is 2.44. The molecule has 30 heavy (non-hydrogen) atoms. The van der Waals surface area contributed by atoms with Crippen molar-refractivity contribution in [2.75, 3.05) is 0 Å². The van der Waals surface area contributed by atoms with Crippen LogP contribution in [0.25, 0.3) is 0 Å². The van der Waals surface area contributed by atoms with Gasteiger partial charge in [0.25, 0.3) is 0 Å². The van der Waals surface area contributed by atoms with Gasteiger partial charge >= 0.3 is 0 Å². The molecular weight excluding hydrogens is 368 g/mol. The Kier molecular flexibility index (Phi) is 9.13. The molecule has 0 saturated carbocycles. The Balaban J connectivity index is 1.80. The molecule has 0 fully saturated rings. The van der Waals surface area contributed by atoms with Crippen molar-refractivity contribution in [3.8, 4) is 11.5 Å². The summed E-state index contributed by atoms with van der Waals surface area (Å²) < 4.78 is 6.61. The minimum Gasteiger partial charge on any atom is -0.507 e. The summed E-state index contributed by atoms with van der Waals surface area (Å²) in [6.07, 6.45) is 12.7. The van der Waals surface area contributed by atoms with Crippen molar-refractivity contribution in [2.45, 2.75) is 125 Å². The first kappa shape index (κ1) is 25.1. The van der Waals surface area contributed by atoms with E-state index < -0.39 is 0 Å². The van der Waals surface area contributed by atoms with Gasteiger partial charge in [0, 0.05) is 5.56 Å². The Morgan fingerprint density at radius 1 is 0.833 bits per heavy atom. The maximum absolute atomic E-state index is 10.4. The van der Waals surface area contributed by atoms with Crippen LogP contribution in [0.15, 0.2) is 0 Å². The molecule has 0 radical (unpaired) electrons. The van der Waals surface area contributed by atoms with Gasteiger partial charge in [-0.3, -0.25) is 0 Å². The topological polar surface area (TPSA) is 29.5 Å². The minimum absolute atomic E-state index is 0.0774. The fraction of sp³-hybridized carbons (Fsp3) is 0.786. The average molecular weight is 417 g/mol. The van der Waals surface area contributed by atoms with Crippen LogP contribution in [0.5, 0.6) is 11.5 Å². The third-order valence-electron chi connectivity index (χ3n) is 7.63. The van der Waals surface area contributed by atoms with Crippen LogP contribution < -0.4 is 4.74 Å². The number of hydrogen-bond donors (Lipinski definition) is 1. The Labute approximate surface area is 186 Å². The standard InChI is InChI=1S/C28H48O2/c1-19(2)11-9-12-20(3)13-10-14-21(4)15-17-28(8)18-16-25-24(7)26(29)22(5)23(6)27(25)30-28/h19-21,29H,9-18H2,1-8H3. The van der Waals surface area contributed by atoms with Crippen molar-refractivity contribution >= 4 is 0 Å². The Morgan fingerprint density at radius 3 is 2.00 bits per heavy atom. The summed E-state index contributed by atoms with van der Waals surface area (Å²) >= 11 is 0. The summed E-state index contributed by atoms with van der Waals surface area (Å²) in [5.74, 6) is 3.97. The van der Waals surface area contributed by atoms with Crippen LogP contribution in [0.4, 0.5) is 0 Å². The van der Waals surface area contributed by atoms with Crippen molar-refractivity contribution in [1.82, 2.24) is 0 Å². The van der Waals surface area contributed by atoms with Gasteiger partial charge in [0.15, 0.2) is 0 Å². The van der Waals surface area contributed by atoms with E-state index >= 15 is 0 Å². The summed E-state index contributed by atoms with van der Waals surface area (Å²) in [5, 5.41) is 10.4. The van der Waals surface area contributed by atoms with Crippen molar-refractivity contribution in [3.63, 3.8) is 0 Å². The number of ether oxygens (including phenoxy) is 1. The number of fused-ring (bicyclic) bond motifs is 1. The van der Waals surface area contributed by atoms with E-state index in [1.807, 2.05) is 13.8 Å². The molecule has 172 valence electrons. The molecule has 1 aromatic carbocycles. The predicted octanol–water partition coefficient (Wildman–Crippen LogP) is 8.45. The van der Waals surface area contributed by atoms with Gasteiger partial charge in [0.1, 0.15) is 17.1 Å². The van der Waals surface area contributed by atoms with Gasteiger partial charge in [-0.15, -0.1) is 0 Å². The van der Waals surface area contributed by atoms with E-state index in [1.165, 1.54) is 50.5 Å². The highest BCUT2D eigenvalue weighted by molar-refractivity contribution is 5.58. The molecule has 0 aliphatic carbocycles. The summed E-state index contributed by atoms with van der Waals surface area (Å²) in [5.41, 5.74) is 4.22. The van der Waals surface area contributed by atoms with Crippen LogP contribution in [-0.4, -0.2) is 10.7 Å². The van der Waals surface area contributed by atoms with E-state index in [4.69, 9.17) is 4.74 Å². The first-order valence-corrected chi connectivity index (χ1v) is 12.5. The normalized spacial score (nSPS) is 20.7. The first-order chi connectivity index (χ1) is 14.0. The third kappa shape index (κ3) is 6.66. The van der Waals surface area contributed by atoms with Gasteiger partial charge in [-0.05, 0) is 87.8 Å². The third-order valence-corrected chi connectivity index (χ3v) is 7.63. The summed E-state index contributed by atoms with van der Waals surface area (Å²) in [6.45, 7) is 17.9. The molecule has 2 heteroatoms. The zero-order valence-electron chi connectivity index (χ0n) is 21.2. The Bertz CT molecular complexity index is 691. The molecule has 0 spiro atoms. The molecule has 1 N–H and O–H groups in total. The van der Waals surface area contributed by atoms with E-state index in [0.717, 1.165) is 59.5 Å². The van der Waals surface area contributed by atoms with Crippen LogP contribution in [0.1, 0.15) is 115 Å². The Hall–Kier alpha value is -1.18. The number of rotatable bonds is 11. The van der Waals surface area contributed by atoms with E-state index in [0.29, 0.717) is 5.75 Å². The van der Waals surface area contributed by atoms with Crippen molar-refractivity contribution in [2.24, 2.45) is 17.8 Å². The fourth-order valence-corrected chi connectivity index (χ4v) is 5.00. The lowest BCUT2D eigenvalue weighted by molar-refractivity contribution is 0.0484. The van der Waals surface area contributed by atoms with Crippen LogP contribution in [-0.2, 0) is 6.42 Å². The minimum atomic E-state index is -0.0774. The van der Waals surface area contributed by atoms with E-state index in [-0.39, 0.29) is 5.60 Å². The molecule has 1 aromatic rings. The van der Waals surface area contributed by atoms with E-state index in [2.05, 4.69) is 41.5 Å². The molecule has 0 bridgehead atoms. The summed E-state index contributed by atoms with van der Waals surface area (Å²) in [7, 11) is 0. The fourth-order valence-electron chi connectivity index (χ4n) is 5.00. The number of phenolic OH excluding ortho intramolecular Hbond substituents is 1. The second-order valence-corrected chi connectivity index (χ2v) is 11.1. The molecule has 1 heterocycles. The molecule has 1 aliphatic rings. The van der Waals surface area contributed by atoms with Gasteiger partial charge in [0.2, 0.25) is 0 Å². The number of benzene rings is 1. The average Bonchev–Trinajstić information content (AvgIpc) is 2.69. The predicted molar refractivity (Wildman–Crippen MR) is 130 cm³/mol. The second kappa shape index (κ2) is 10.9. The summed E-state index contributed by atoms with van der Waals surface area (Å²) in [6, 6.07) is 0. The monoisotopic (exact) mass is 416 g/mol. The smallest absolute Gasteiger partial charge is 0.127 e. The van der Waals surface area contributed by atoms with Crippen LogP contribution in [0.2, 0.25) is 0 Å². The van der Waals surface area contributed by atoms with Crippen molar-refractivity contribution in [1.29, 1.82) is 0 Å². The van der Waals surface area contributed by atoms with Gasteiger partial charge < -0.3 is 9.84 Å². The van der Waals surface area contributed by atoms with Crippen molar-refractivity contribution in [3.05, 3.63) is 22.3 Å². The lowest BCUT2D eigenvalue weighted by atomic mass is 9.83. The van der Waals surface area contributed by atoms with Crippen LogP contribution in [0, 0.1) is 38.5 Å². The number of phenols is 1. The van der Waals surface area contributed by atoms with Crippen molar-refractivity contribution < 1.29 is 9.84 Å². The molecule has 0 saturated heterocycles. The SMILES string of the molecule is Cc1c(C)c2c(c(C)c1O)CCC(C)(CCC(C)CCCC(C)CCCC(C)C)O2. The number of aromatic hydroxyl groups is 1. The Morgan fingerprint density at radius 2 is 1.40 bits per heavy atom. The van der Waals surface area contributed by atoms with E-state index in [1.54, 1.807) is 0 Å². The molecule has 2 nitrogen and oxygen atoms in total. The van der Waals surface area contributed by atoms with Gasteiger partial charge in [-0.1, -0.05) is 66.2 Å². The zero-order valence-corrected chi connectivity index (χ0v) is 21.2. The molecule has 1 aliphatic heterocycles. The molecule has 2 rings (SSSR count). The molecule has 3 unspecified atom stereocenters. The van der Waals surface area contributed by atoms with E-state index in [9.17, 15) is 5.11 Å². The molecule has 0 amide bonds. The maximum atomic E-state index is 10.4. The van der Waals surface area contributed by atoms with Crippen LogP contribution >= 0.6 is 0 Å². The summed E-state index contributed by atoms with van der Waals surface area (Å²) in [4.78, 5) is 0. The highest BCUT2D eigenvalue weighted by atomic mass is 16.5. The first-order valence-electron chi connectivity index (χ1n) is 12.5. The molecular formula is C28H48O2. The lowest BCUT2D eigenvalue weighted by Crippen LogP contribution is -2.37. The number of hydrogen-bond acceptors (Lipinski definition) is 2. The lowest BCUT2D eigenvalue weighted by Gasteiger charge is -2.38. The largest absolute Gasteiger partial charge is 0.507 e. The highest BCUT2D eigenvalue weighted by Gasteiger charge is 2.34. The van der Waals surface area contributed by atoms with Gasteiger partial charge in [-0.25, -0.2) is 0 Å². The quantitative estimate of drug-likeness (QED) is 0.392. The second-order valence-electron chi connectivity index (χ2n) is 11.1. The van der Waals surface area contributed by atoms with Gasteiger partial charge in [-0.2, -0.15) is 0 Å².